The smallest absolute Gasteiger partial charge is 0.254 e. The summed E-state index contributed by atoms with van der Waals surface area (Å²) in [5.41, 5.74) is 0.947. The van der Waals surface area contributed by atoms with Gasteiger partial charge in [0, 0.05) is 13.0 Å². The summed E-state index contributed by atoms with van der Waals surface area (Å²) in [5.74, 6) is -0.657. The number of anilines is 1. The average molecular weight is 373 g/mol. The van der Waals surface area contributed by atoms with E-state index < -0.39 is 6.04 Å². The van der Waals surface area contributed by atoms with Crippen molar-refractivity contribution in [1.29, 1.82) is 0 Å². The van der Waals surface area contributed by atoms with Crippen LogP contribution in [0.5, 0.6) is 0 Å². The average Bonchev–Trinajstić information content (AvgIpc) is 2.78. The van der Waals surface area contributed by atoms with Gasteiger partial charge in [0.15, 0.2) is 0 Å². The molecule has 3 amide bonds. The first kappa shape index (κ1) is 20.9. The molecule has 0 spiro atoms. The number of unbranched alkanes of at least 4 members (excludes halogenated alkanes) is 6. The number of amides is 3. The van der Waals surface area contributed by atoms with E-state index in [0.717, 1.165) is 12.8 Å². The van der Waals surface area contributed by atoms with Crippen LogP contribution in [-0.4, -0.2) is 30.3 Å². The van der Waals surface area contributed by atoms with Crippen LogP contribution < -0.4 is 16.0 Å². The molecule has 1 atom stereocenters. The fourth-order valence-corrected chi connectivity index (χ4v) is 3.19. The van der Waals surface area contributed by atoms with Gasteiger partial charge in [-0.15, -0.1) is 0 Å². The van der Waals surface area contributed by atoms with Crippen LogP contribution in [0.4, 0.5) is 5.69 Å². The summed E-state index contributed by atoms with van der Waals surface area (Å²) in [6, 6.07) is 6.19. The van der Waals surface area contributed by atoms with E-state index in [2.05, 4.69) is 22.9 Å². The van der Waals surface area contributed by atoms with Gasteiger partial charge in [-0.1, -0.05) is 57.6 Å². The molecular formula is C21H31N3O3. The van der Waals surface area contributed by atoms with Gasteiger partial charge in [-0.3, -0.25) is 14.4 Å². The molecule has 1 aromatic carbocycles. The van der Waals surface area contributed by atoms with Crippen molar-refractivity contribution in [3.05, 3.63) is 29.8 Å². The fraction of sp³-hybridized carbons (Fsp3) is 0.571. The molecule has 6 nitrogen and oxygen atoms in total. The minimum Gasteiger partial charge on any atom is -0.356 e. The van der Waals surface area contributed by atoms with Gasteiger partial charge in [0.2, 0.25) is 11.8 Å². The molecule has 3 N–H and O–H groups in total. The molecule has 0 saturated heterocycles. The zero-order valence-electron chi connectivity index (χ0n) is 16.2. The Bertz CT molecular complexity index is 645. The van der Waals surface area contributed by atoms with Gasteiger partial charge < -0.3 is 16.0 Å². The lowest BCUT2D eigenvalue weighted by Gasteiger charge is -2.14. The Hall–Kier alpha value is -2.37. The third-order valence-corrected chi connectivity index (χ3v) is 4.81. The van der Waals surface area contributed by atoms with E-state index in [1.54, 1.807) is 24.3 Å². The largest absolute Gasteiger partial charge is 0.356 e. The van der Waals surface area contributed by atoms with Crippen LogP contribution in [0.2, 0.25) is 0 Å². The van der Waals surface area contributed by atoms with Gasteiger partial charge in [0.1, 0.15) is 6.04 Å². The van der Waals surface area contributed by atoms with Crippen molar-refractivity contribution in [2.24, 2.45) is 0 Å². The summed E-state index contributed by atoms with van der Waals surface area (Å²) in [4.78, 5) is 36.5. The quantitative estimate of drug-likeness (QED) is 0.520. The fourth-order valence-electron chi connectivity index (χ4n) is 3.19. The second kappa shape index (κ2) is 11.4. The van der Waals surface area contributed by atoms with Gasteiger partial charge >= 0.3 is 0 Å². The van der Waals surface area contributed by atoms with Crippen molar-refractivity contribution < 1.29 is 14.4 Å². The predicted octanol–water partition coefficient (Wildman–Crippen LogP) is 3.38. The van der Waals surface area contributed by atoms with Crippen molar-refractivity contribution in [1.82, 2.24) is 10.6 Å². The number of hydrogen-bond donors (Lipinski definition) is 3. The molecule has 0 radical (unpaired) electrons. The Kier molecular flexibility index (Phi) is 8.81. The number of carbonyl (C=O) groups is 3. The minimum atomic E-state index is -0.700. The molecule has 0 saturated carbocycles. The van der Waals surface area contributed by atoms with Gasteiger partial charge in [-0.05, 0) is 25.0 Å². The molecule has 0 fully saturated rings. The number of benzene rings is 1. The molecule has 27 heavy (non-hydrogen) atoms. The van der Waals surface area contributed by atoms with E-state index >= 15 is 0 Å². The van der Waals surface area contributed by atoms with Crippen LogP contribution in [0.25, 0.3) is 0 Å². The standard InChI is InChI=1S/C21H31N3O3/c1-2-3-4-5-6-7-10-15-22-19(25)14-13-18-21(27)23-17-12-9-8-11-16(17)20(26)24-18/h8-9,11-12,18H,2-7,10,13-15H2,1H3,(H,22,25)(H,23,27)(H,24,26). The van der Waals surface area contributed by atoms with E-state index in [0.29, 0.717) is 17.8 Å². The highest BCUT2D eigenvalue weighted by molar-refractivity contribution is 6.09. The minimum absolute atomic E-state index is 0.0789. The molecule has 0 aromatic heterocycles. The lowest BCUT2D eigenvalue weighted by molar-refractivity contribution is -0.121. The van der Waals surface area contributed by atoms with Crippen molar-refractivity contribution in [2.75, 3.05) is 11.9 Å². The van der Waals surface area contributed by atoms with E-state index in [1.165, 1.54) is 32.1 Å². The predicted molar refractivity (Wildman–Crippen MR) is 107 cm³/mol. The highest BCUT2D eigenvalue weighted by atomic mass is 16.2. The molecule has 2 rings (SSSR count). The van der Waals surface area contributed by atoms with Gasteiger partial charge in [-0.25, -0.2) is 0 Å². The van der Waals surface area contributed by atoms with Crippen molar-refractivity contribution in [3.8, 4) is 0 Å². The highest BCUT2D eigenvalue weighted by Gasteiger charge is 2.27. The number of rotatable bonds is 11. The summed E-state index contributed by atoms with van der Waals surface area (Å²) >= 11 is 0. The van der Waals surface area contributed by atoms with Crippen LogP contribution in [0.1, 0.15) is 75.1 Å². The van der Waals surface area contributed by atoms with Crippen LogP contribution >= 0.6 is 0 Å². The first-order chi connectivity index (χ1) is 13.1. The molecule has 1 aliphatic heterocycles. The second-order valence-corrected chi connectivity index (χ2v) is 7.07. The molecule has 1 aromatic rings. The zero-order chi connectivity index (χ0) is 19.5. The summed E-state index contributed by atoms with van der Waals surface area (Å²) < 4.78 is 0. The number of carbonyl (C=O) groups excluding carboxylic acids is 3. The first-order valence-electron chi connectivity index (χ1n) is 10.1. The summed E-state index contributed by atoms with van der Waals surface area (Å²) in [5, 5.41) is 8.36. The van der Waals surface area contributed by atoms with Crippen LogP contribution in [0, 0.1) is 0 Å². The van der Waals surface area contributed by atoms with Gasteiger partial charge in [-0.2, -0.15) is 0 Å². The van der Waals surface area contributed by atoms with Crippen molar-refractivity contribution in [2.45, 2.75) is 70.8 Å². The first-order valence-corrected chi connectivity index (χ1v) is 10.1. The molecule has 1 unspecified atom stereocenters. The Morgan fingerprint density at radius 3 is 2.52 bits per heavy atom. The summed E-state index contributed by atoms with van der Waals surface area (Å²) in [7, 11) is 0. The van der Waals surface area contributed by atoms with Crippen LogP contribution in [0.15, 0.2) is 24.3 Å². The van der Waals surface area contributed by atoms with Crippen LogP contribution in [0.3, 0.4) is 0 Å². The number of para-hydroxylation sites is 1. The maximum Gasteiger partial charge on any atom is 0.254 e. The maximum absolute atomic E-state index is 12.3. The topological polar surface area (TPSA) is 87.3 Å². The molecule has 6 heteroatoms. The summed E-state index contributed by atoms with van der Waals surface area (Å²) in [6.45, 7) is 2.87. The Morgan fingerprint density at radius 2 is 1.74 bits per heavy atom. The Morgan fingerprint density at radius 1 is 1.04 bits per heavy atom. The Balaban J connectivity index is 1.65. The number of fused-ring (bicyclic) bond motifs is 1. The van der Waals surface area contributed by atoms with E-state index in [1.807, 2.05) is 0 Å². The molecule has 148 valence electrons. The molecule has 1 heterocycles. The van der Waals surface area contributed by atoms with E-state index in [-0.39, 0.29) is 30.6 Å². The third-order valence-electron chi connectivity index (χ3n) is 4.81. The Labute approximate surface area is 161 Å². The SMILES string of the molecule is CCCCCCCCCNC(=O)CCC1NC(=O)c2ccccc2NC1=O. The number of nitrogens with one attached hydrogen (secondary N) is 3. The second-order valence-electron chi connectivity index (χ2n) is 7.07. The monoisotopic (exact) mass is 373 g/mol. The van der Waals surface area contributed by atoms with E-state index in [9.17, 15) is 14.4 Å². The molecule has 0 aliphatic carbocycles. The maximum atomic E-state index is 12.3. The molecular weight excluding hydrogens is 342 g/mol. The third kappa shape index (κ3) is 7.04. The van der Waals surface area contributed by atoms with Crippen molar-refractivity contribution in [3.63, 3.8) is 0 Å². The highest BCUT2D eigenvalue weighted by Crippen LogP contribution is 2.19. The normalized spacial score (nSPS) is 16.1. The molecule has 1 aliphatic rings. The van der Waals surface area contributed by atoms with Crippen molar-refractivity contribution >= 4 is 23.4 Å². The van der Waals surface area contributed by atoms with Gasteiger partial charge in [0.25, 0.3) is 5.91 Å². The van der Waals surface area contributed by atoms with Gasteiger partial charge in [0.05, 0.1) is 11.3 Å². The van der Waals surface area contributed by atoms with E-state index in [4.69, 9.17) is 0 Å². The zero-order valence-corrected chi connectivity index (χ0v) is 16.2. The lowest BCUT2D eigenvalue weighted by atomic mass is 10.1. The van der Waals surface area contributed by atoms with Crippen LogP contribution in [-0.2, 0) is 9.59 Å². The molecule has 0 bridgehead atoms. The number of hydrogen-bond acceptors (Lipinski definition) is 3. The lowest BCUT2D eigenvalue weighted by Crippen LogP contribution is -2.42. The summed E-state index contributed by atoms with van der Waals surface area (Å²) in [6.07, 6.45) is 8.93.